The molecule has 0 saturated heterocycles. The summed E-state index contributed by atoms with van der Waals surface area (Å²) in [6.45, 7) is 2.63. The second-order valence-corrected chi connectivity index (χ2v) is 9.31. The van der Waals surface area contributed by atoms with Crippen LogP contribution in [0.5, 0.6) is 0 Å². The van der Waals surface area contributed by atoms with E-state index in [4.69, 9.17) is 0 Å². The van der Waals surface area contributed by atoms with Crippen LogP contribution in [0.25, 0.3) is 10.9 Å². The minimum Gasteiger partial charge on any atom is -0.358 e. The van der Waals surface area contributed by atoms with Gasteiger partial charge in [-0.2, -0.15) is 4.80 Å². The molecule has 1 N–H and O–H groups in total. The highest BCUT2D eigenvalue weighted by Gasteiger charge is 2.39. The van der Waals surface area contributed by atoms with Crippen molar-refractivity contribution in [1.29, 1.82) is 0 Å². The quantitative estimate of drug-likeness (QED) is 0.478. The van der Waals surface area contributed by atoms with Crippen molar-refractivity contribution in [1.82, 2.24) is 30.1 Å². The SMILES string of the molecule is Cc1nnn(CCc2c(C3CCC(c4ccccc4)(N(C)C)CC3)[nH]c3ccccc23)n1. The molecule has 0 unspecified atom stereocenters. The van der Waals surface area contributed by atoms with Gasteiger partial charge in [-0.3, -0.25) is 4.90 Å². The number of hydrogen-bond donors (Lipinski definition) is 1. The Hall–Kier alpha value is -2.99. The fourth-order valence-corrected chi connectivity index (χ4v) is 5.60. The summed E-state index contributed by atoms with van der Waals surface area (Å²) in [6, 6.07) is 19.7. The van der Waals surface area contributed by atoms with E-state index in [0.29, 0.717) is 5.92 Å². The van der Waals surface area contributed by atoms with Crippen LogP contribution < -0.4 is 0 Å². The van der Waals surface area contributed by atoms with E-state index in [-0.39, 0.29) is 5.54 Å². The third-order valence-electron chi connectivity index (χ3n) is 7.35. The molecule has 2 aromatic heterocycles. The molecule has 32 heavy (non-hydrogen) atoms. The Bertz CT molecular complexity index is 1180. The average molecular weight is 429 g/mol. The van der Waals surface area contributed by atoms with Gasteiger partial charge in [0.05, 0.1) is 6.54 Å². The van der Waals surface area contributed by atoms with Crippen molar-refractivity contribution in [3.05, 3.63) is 77.2 Å². The highest BCUT2D eigenvalue weighted by molar-refractivity contribution is 5.84. The molecule has 0 aliphatic heterocycles. The Balaban J connectivity index is 1.42. The molecule has 0 spiro atoms. The molecule has 1 aliphatic rings. The van der Waals surface area contributed by atoms with Crippen LogP contribution in [0.4, 0.5) is 0 Å². The molecule has 1 aliphatic carbocycles. The van der Waals surface area contributed by atoms with Gasteiger partial charge in [-0.15, -0.1) is 10.2 Å². The number of aryl methyl sites for hydroxylation is 3. The molecule has 4 aromatic rings. The first kappa shape index (κ1) is 20.9. The van der Waals surface area contributed by atoms with Crippen molar-refractivity contribution in [2.45, 2.75) is 57.0 Å². The predicted octanol–water partition coefficient (Wildman–Crippen LogP) is 4.82. The number of fused-ring (bicyclic) bond motifs is 1. The first-order chi connectivity index (χ1) is 15.6. The maximum atomic E-state index is 4.38. The maximum absolute atomic E-state index is 4.38. The zero-order chi connectivity index (χ0) is 22.1. The lowest BCUT2D eigenvalue weighted by Crippen LogP contribution is -2.44. The number of hydrogen-bond acceptors (Lipinski definition) is 4. The van der Waals surface area contributed by atoms with Crippen molar-refractivity contribution >= 4 is 10.9 Å². The fourth-order valence-electron chi connectivity index (χ4n) is 5.60. The standard InChI is InChI=1S/C26H32N6/c1-19-28-30-32(29-19)18-15-23-22-11-7-8-12-24(22)27-25(23)20-13-16-26(17-14-20,31(2)3)21-9-5-4-6-10-21/h4-12,20,27H,13-18H2,1-3H3. The van der Waals surface area contributed by atoms with E-state index >= 15 is 0 Å². The second-order valence-electron chi connectivity index (χ2n) is 9.31. The van der Waals surface area contributed by atoms with Gasteiger partial charge < -0.3 is 4.98 Å². The number of aromatic amines is 1. The number of tetrazole rings is 1. The minimum atomic E-state index is 0.117. The highest BCUT2D eigenvalue weighted by Crippen LogP contribution is 2.47. The molecule has 0 amide bonds. The van der Waals surface area contributed by atoms with Crippen LogP contribution in [-0.4, -0.2) is 44.2 Å². The lowest BCUT2D eigenvalue weighted by Gasteiger charge is -2.45. The number of nitrogens with one attached hydrogen (secondary N) is 1. The molecule has 1 saturated carbocycles. The zero-order valence-electron chi connectivity index (χ0n) is 19.3. The van der Waals surface area contributed by atoms with E-state index in [1.807, 2.05) is 6.92 Å². The lowest BCUT2D eigenvalue weighted by molar-refractivity contribution is 0.0903. The molecule has 1 fully saturated rings. The van der Waals surface area contributed by atoms with Gasteiger partial charge in [0.2, 0.25) is 0 Å². The van der Waals surface area contributed by atoms with Gasteiger partial charge in [-0.05, 0) is 81.4 Å². The molecule has 6 heteroatoms. The summed E-state index contributed by atoms with van der Waals surface area (Å²) in [5, 5.41) is 13.9. The summed E-state index contributed by atoms with van der Waals surface area (Å²) in [7, 11) is 4.46. The number of benzene rings is 2. The number of nitrogens with zero attached hydrogens (tertiary/aromatic N) is 5. The van der Waals surface area contributed by atoms with Crippen molar-refractivity contribution in [3.63, 3.8) is 0 Å². The van der Waals surface area contributed by atoms with Crippen LogP contribution in [0.3, 0.4) is 0 Å². The van der Waals surface area contributed by atoms with Gasteiger partial charge in [0.15, 0.2) is 5.82 Å². The van der Waals surface area contributed by atoms with E-state index in [1.165, 1.54) is 40.6 Å². The Labute approximate surface area is 189 Å². The monoisotopic (exact) mass is 428 g/mol. The van der Waals surface area contributed by atoms with Gasteiger partial charge in [0.1, 0.15) is 0 Å². The smallest absolute Gasteiger partial charge is 0.171 e. The van der Waals surface area contributed by atoms with Crippen molar-refractivity contribution in [2.24, 2.45) is 0 Å². The second kappa shape index (κ2) is 8.51. The molecule has 2 aromatic carbocycles. The molecule has 166 valence electrons. The fraction of sp³-hybridized carbons (Fsp3) is 0.423. The van der Waals surface area contributed by atoms with Gasteiger partial charge >= 0.3 is 0 Å². The van der Waals surface area contributed by atoms with E-state index in [9.17, 15) is 0 Å². The van der Waals surface area contributed by atoms with Crippen LogP contribution in [0.2, 0.25) is 0 Å². The zero-order valence-corrected chi connectivity index (χ0v) is 19.3. The van der Waals surface area contributed by atoms with Crippen molar-refractivity contribution in [3.8, 4) is 0 Å². The maximum Gasteiger partial charge on any atom is 0.171 e. The molecule has 5 rings (SSSR count). The van der Waals surface area contributed by atoms with Gasteiger partial charge in [0.25, 0.3) is 0 Å². The number of para-hydroxylation sites is 1. The normalized spacial score (nSPS) is 21.4. The summed E-state index contributed by atoms with van der Waals surface area (Å²) in [5.74, 6) is 1.26. The van der Waals surface area contributed by atoms with Crippen molar-refractivity contribution in [2.75, 3.05) is 14.1 Å². The van der Waals surface area contributed by atoms with Crippen LogP contribution in [0.1, 0.15) is 54.2 Å². The summed E-state index contributed by atoms with van der Waals surface area (Å²) >= 11 is 0. The summed E-state index contributed by atoms with van der Waals surface area (Å²) < 4.78 is 0. The summed E-state index contributed by atoms with van der Waals surface area (Å²) in [5.41, 5.74) is 5.60. The first-order valence-electron chi connectivity index (χ1n) is 11.6. The molecular formula is C26H32N6. The van der Waals surface area contributed by atoms with E-state index in [0.717, 1.165) is 31.6 Å². The number of H-pyrrole nitrogens is 1. The average Bonchev–Trinajstić information content (AvgIpc) is 3.41. The Kier molecular flexibility index (Phi) is 5.55. The first-order valence-corrected chi connectivity index (χ1v) is 11.6. The van der Waals surface area contributed by atoms with Gasteiger partial charge in [-0.1, -0.05) is 48.5 Å². The molecular weight excluding hydrogens is 396 g/mol. The van der Waals surface area contributed by atoms with E-state index < -0.39 is 0 Å². The van der Waals surface area contributed by atoms with Gasteiger partial charge in [0, 0.05) is 22.1 Å². The third-order valence-corrected chi connectivity index (χ3v) is 7.35. The third kappa shape index (κ3) is 3.73. The highest BCUT2D eigenvalue weighted by atomic mass is 15.6. The van der Waals surface area contributed by atoms with E-state index in [1.54, 1.807) is 4.80 Å². The molecule has 0 atom stereocenters. The lowest BCUT2D eigenvalue weighted by atomic mass is 9.70. The van der Waals surface area contributed by atoms with Crippen LogP contribution in [-0.2, 0) is 18.5 Å². The Morgan fingerprint density at radius 3 is 2.44 bits per heavy atom. The van der Waals surface area contributed by atoms with Crippen molar-refractivity contribution < 1.29 is 0 Å². The van der Waals surface area contributed by atoms with Crippen LogP contribution in [0, 0.1) is 6.92 Å². The predicted molar refractivity (Wildman–Crippen MR) is 128 cm³/mol. The number of rotatable bonds is 6. The molecule has 0 radical (unpaired) electrons. The molecule has 0 bridgehead atoms. The van der Waals surface area contributed by atoms with Crippen LogP contribution >= 0.6 is 0 Å². The number of aromatic nitrogens is 5. The Morgan fingerprint density at radius 1 is 1.03 bits per heavy atom. The Morgan fingerprint density at radius 2 is 1.75 bits per heavy atom. The molecule has 6 nitrogen and oxygen atoms in total. The summed E-state index contributed by atoms with van der Waals surface area (Å²) in [4.78, 5) is 7.94. The summed E-state index contributed by atoms with van der Waals surface area (Å²) in [6.07, 6.45) is 5.57. The molecule has 2 heterocycles. The largest absolute Gasteiger partial charge is 0.358 e. The minimum absolute atomic E-state index is 0.117. The van der Waals surface area contributed by atoms with Crippen LogP contribution in [0.15, 0.2) is 54.6 Å². The van der Waals surface area contributed by atoms with E-state index in [2.05, 4.69) is 94.0 Å². The topological polar surface area (TPSA) is 62.6 Å². The van der Waals surface area contributed by atoms with Gasteiger partial charge in [-0.25, -0.2) is 0 Å².